The Balaban J connectivity index is -0.000000219. The van der Waals surface area contributed by atoms with Gasteiger partial charge in [-0.2, -0.15) is 0 Å². The first-order chi connectivity index (χ1) is 8.25. The molecular weight excluding hydrogens is 244 g/mol. The quantitative estimate of drug-likeness (QED) is 0.374. The van der Waals surface area contributed by atoms with Gasteiger partial charge in [-0.05, 0) is 0 Å². The largest absolute Gasteiger partial charge is 0.478 e. The average Bonchev–Trinajstić information content (AvgIpc) is 2.27. The summed E-state index contributed by atoms with van der Waals surface area (Å²) in [6.07, 6.45) is 2.93. The van der Waals surface area contributed by atoms with Crippen molar-refractivity contribution >= 4 is 23.8 Å². The van der Waals surface area contributed by atoms with Crippen LogP contribution in [0.5, 0.6) is 0 Å². The van der Waals surface area contributed by atoms with Gasteiger partial charge in [0.1, 0.15) is 0 Å². The molecule has 0 heterocycles. The number of amides is 2. The molecule has 0 atom stereocenters. The van der Waals surface area contributed by atoms with E-state index in [-0.39, 0.29) is 0 Å². The van der Waals surface area contributed by atoms with Crippen molar-refractivity contribution in [2.45, 2.75) is 0 Å². The molecule has 0 fully saturated rings. The number of nitrogens with two attached hydrogens (primary N) is 2. The van der Waals surface area contributed by atoms with Crippen LogP contribution in [0.3, 0.4) is 0 Å². The SMILES string of the molecule is C=C.NC(=O)/C=C\C(=O)O.NC(=O)/C=C\C(=O)O. The van der Waals surface area contributed by atoms with Crippen molar-refractivity contribution in [2.75, 3.05) is 0 Å². The minimum atomic E-state index is -1.18. The van der Waals surface area contributed by atoms with Crippen LogP contribution < -0.4 is 11.5 Å². The lowest BCUT2D eigenvalue weighted by Crippen LogP contribution is -2.06. The Hall–Kier alpha value is -2.90. The zero-order valence-electron chi connectivity index (χ0n) is 9.41. The molecule has 2 amide bonds. The number of aliphatic carboxylic acids is 2. The molecule has 0 rings (SSSR count). The van der Waals surface area contributed by atoms with E-state index >= 15 is 0 Å². The van der Waals surface area contributed by atoms with Gasteiger partial charge < -0.3 is 21.7 Å². The summed E-state index contributed by atoms with van der Waals surface area (Å²) in [5.41, 5.74) is 9.10. The number of carboxylic acids is 2. The fourth-order valence-corrected chi connectivity index (χ4v) is 0.307. The topological polar surface area (TPSA) is 161 Å². The summed E-state index contributed by atoms with van der Waals surface area (Å²) in [6, 6.07) is 0. The Labute approximate surface area is 103 Å². The minimum absolute atomic E-state index is 0.683. The van der Waals surface area contributed by atoms with Crippen molar-refractivity contribution in [2.24, 2.45) is 11.5 Å². The molecule has 0 saturated heterocycles. The fraction of sp³-hybridized carbons (Fsp3) is 0. The predicted octanol–water partition coefficient (Wildman–Crippen LogP) is -0.973. The summed E-state index contributed by atoms with van der Waals surface area (Å²) < 4.78 is 0. The highest BCUT2D eigenvalue weighted by atomic mass is 16.4. The molecule has 0 aliphatic carbocycles. The molecule has 0 aromatic rings. The molecule has 0 unspecified atom stereocenters. The van der Waals surface area contributed by atoms with E-state index in [9.17, 15) is 19.2 Å². The van der Waals surface area contributed by atoms with Gasteiger partial charge in [0.05, 0.1) is 0 Å². The predicted molar refractivity (Wildman–Crippen MR) is 63.2 cm³/mol. The first-order valence-electron chi connectivity index (χ1n) is 4.16. The highest BCUT2D eigenvalue weighted by molar-refractivity contribution is 5.93. The molecule has 0 radical (unpaired) electrons. The zero-order valence-corrected chi connectivity index (χ0v) is 9.41. The number of carbonyl (C=O) groups excluding carboxylic acids is 2. The van der Waals surface area contributed by atoms with Crippen LogP contribution in [0.1, 0.15) is 0 Å². The second-order valence-corrected chi connectivity index (χ2v) is 2.15. The van der Waals surface area contributed by atoms with Crippen molar-refractivity contribution in [3.05, 3.63) is 37.5 Å². The van der Waals surface area contributed by atoms with Crippen LogP contribution >= 0.6 is 0 Å². The highest BCUT2D eigenvalue weighted by Gasteiger charge is 1.86. The average molecular weight is 258 g/mol. The normalized spacial score (nSPS) is 8.67. The molecule has 0 saturated carbocycles. The third-order valence-corrected chi connectivity index (χ3v) is 0.780. The summed E-state index contributed by atoms with van der Waals surface area (Å²) in [4.78, 5) is 38.8. The summed E-state index contributed by atoms with van der Waals surface area (Å²) in [5.74, 6) is -3.87. The summed E-state index contributed by atoms with van der Waals surface area (Å²) >= 11 is 0. The molecule has 0 aromatic heterocycles. The number of hydrogen-bond donors (Lipinski definition) is 4. The molecule has 0 spiro atoms. The number of primary amides is 2. The molecule has 6 N–H and O–H groups in total. The number of carboxylic acid groups (broad SMARTS) is 2. The third-order valence-electron chi connectivity index (χ3n) is 0.780. The summed E-state index contributed by atoms with van der Waals surface area (Å²) in [5, 5.41) is 15.7. The van der Waals surface area contributed by atoms with E-state index in [2.05, 4.69) is 24.6 Å². The lowest BCUT2D eigenvalue weighted by molar-refractivity contribution is -0.132. The number of rotatable bonds is 4. The maximum atomic E-state index is 9.78. The van der Waals surface area contributed by atoms with Crippen LogP contribution in [0.25, 0.3) is 0 Å². The van der Waals surface area contributed by atoms with E-state index < -0.39 is 23.8 Å². The Morgan fingerprint density at radius 3 is 1.00 bits per heavy atom. The first kappa shape index (κ1) is 20.5. The molecule has 0 aliphatic heterocycles. The molecule has 18 heavy (non-hydrogen) atoms. The number of carbonyl (C=O) groups is 4. The molecular formula is C10H14N2O6. The van der Waals surface area contributed by atoms with E-state index in [0.717, 1.165) is 12.2 Å². The smallest absolute Gasteiger partial charge is 0.328 e. The van der Waals surface area contributed by atoms with Crippen molar-refractivity contribution in [3.8, 4) is 0 Å². The van der Waals surface area contributed by atoms with Gasteiger partial charge in [-0.3, -0.25) is 9.59 Å². The first-order valence-corrected chi connectivity index (χ1v) is 4.16. The Bertz CT molecular complexity index is 293. The van der Waals surface area contributed by atoms with Gasteiger partial charge in [0.25, 0.3) is 0 Å². The Morgan fingerprint density at radius 1 is 0.722 bits per heavy atom. The maximum Gasteiger partial charge on any atom is 0.328 e. The van der Waals surface area contributed by atoms with Gasteiger partial charge in [-0.25, -0.2) is 9.59 Å². The number of hydrogen-bond acceptors (Lipinski definition) is 4. The molecule has 100 valence electrons. The third kappa shape index (κ3) is 38.0. The van der Waals surface area contributed by atoms with Crippen LogP contribution in [0, 0.1) is 0 Å². The van der Waals surface area contributed by atoms with Crippen molar-refractivity contribution in [3.63, 3.8) is 0 Å². The fourth-order valence-electron chi connectivity index (χ4n) is 0.307. The molecule has 8 heteroatoms. The van der Waals surface area contributed by atoms with Crippen molar-refractivity contribution in [1.82, 2.24) is 0 Å². The molecule has 0 aromatic carbocycles. The standard InChI is InChI=1S/2C4H5NO3.C2H4/c2*5-3(6)1-2-4(7)8;1-2/h2*1-2H,(H2,5,6)(H,7,8);1-2H2/b2*2-1-;. The van der Waals surface area contributed by atoms with Crippen LogP contribution in [-0.2, 0) is 19.2 Å². The summed E-state index contributed by atoms with van der Waals surface area (Å²) in [6.45, 7) is 6.00. The second kappa shape index (κ2) is 14.1. The summed E-state index contributed by atoms with van der Waals surface area (Å²) in [7, 11) is 0. The monoisotopic (exact) mass is 258 g/mol. The van der Waals surface area contributed by atoms with E-state index in [1.807, 2.05) is 0 Å². The lowest BCUT2D eigenvalue weighted by Gasteiger charge is -1.75. The van der Waals surface area contributed by atoms with Gasteiger partial charge in [0.2, 0.25) is 11.8 Å². The Kier molecular flexibility index (Phi) is 16.1. The lowest BCUT2D eigenvalue weighted by atomic mass is 10.5. The van der Waals surface area contributed by atoms with Gasteiger partial charge in [0.15, 0.2) is 0 Å². The van der Waals surface area contributed by atoms with Gasteiger partial charge in [0, 0.05) is 24.3 Å². The minimum Gasteiger partial charge on any atom is -0.478 e. The maximum absolute atomic E-state index is 9.78. The van der Waals surface area contributed by atoms with Crippen LogP contribution in [0.2, 0.25) is 0 Å². The van der Waals surface area contributed by atoms with Crippen molar-refractivity contribution in [1.29, 1.82) is 0 Å². The van der Waals surface area contributed by atoms with Crippen LogP contribution in [0.4, 0.5) is 0 Å². The van der Waals surface area contributed by atoms with E-state index in [0.29, 0.717) is 12.2 Å². The van der Waals surface area contributed by atoms with E-state index in [1.54, 1.807) is 0 Å². The van der Waals surface area contributed by atoms with Crippen LogP contribution in [-0.4, -0.2) is 34.0 Å². The van der Waals surface area contributed by atoms with E-state index in [4.69, 9.17) is 10.2 Å². The van der Waals surface area contributed by atoms with Crippen LogP contribution in [0.15, 0.2) is 37.5 Å². The molecule has 8 nitrogen and oxygen atoms in total. The second-order valence-electron chi connectivity index (χ2n) is 2.15. The van der Waals surface area contributed by atoms with Gasteiger partial charge in [-0.15, -0.1) is 13.2 Å². The van der Waals surface area contributed by atoms with Crippen molar-refractivity contribution < 1.29 is 29.4 Å². The highest BCUT2D eigenvalue weighted by Crippen LogP contribution is 1.68. The zero-order chi connectivity index (χ0) is 15.1. The van der Waals surface area contributed by atoms with E-state index in [1.165, 1.54) is 0 Å². The Morgan fingerprint density at radius 2 is 0.944 bits per heavy atom. The molecule has 0 aliphatic rings. The van der Waals surface area contributed by atoms with Gasteiger partial charge >= 0.3 is 11.9 Å². The van der Waals surface area contributed by atoms with Gasteiger partial charge in [-0.1, -0.05) is 0 Å². The molecule has 0 bridgehead atoms.